The van der Waals surface area contributed by atoms with Crippen LogP contribution in [0.3, 0.4) is 0 Å². The van der Waals surface area contributed by atoms with Gasteiger partial charge in [0.1, 0.15) is 11.7 Å². The van der Waals surface area contributed by atoms with Gasteiger partial charge in [-0.1, -0.05) is 59.8 Å². The quantitative estimate of drug-likeness (QED) is 0.288. The predicted octanol–water partition coefficient (Wildman–Crippen LogP) is 5.21. The highest BCUT2D eigenvalue weighted by molar-refractivity contribution is 5.70. The minimum absolute atomic E-state index is 0.294. The molecule has 0 saturated carbocycles. The molecule has 0 amide bonds. The lowest BCUT2D eigenvalue weighted by Gasteiger charge is -2.31. The molecule has 22 heavy (non-hydrogen) atoms. The molecule has 4 nitrogen and oxygen atoms in total. The summed E-state index contributed by atoms with van der Waals surface area (Å²) in [6.07, 6.45) is 6.08. The summed E-state index contributed by atoms with van der Waals surface area (Å²) in [4.78, 5) is 22.9. The van der Waals surface area contributed by atoms with Crippen LogP contribution in [0, 0.1) is 11.8 Å². The van der Waals surface area contributed by atoms with Gasteiger partial charge in [-0.05, 0) is 32.6 Å². The Labute approximate surface area is 136 Å². The van der Waals surface area contributed by atoms with Crippen molar-refractivity contribution in [2.75, 3.05) is 0 Å². The van der Waals surface area contributed by atoms with Crippen molar-refractivity contribution in [3.63, 3.8) is 0 Å². The van der Waals surface area contributed by atoms with Crippen LogP contribution in [0.25, 0.3) is 0 Å². The zero-order valence-corrected chi connectivity index (χ0v) is 15.4. The van der Waals surface area contributed by atoms with E-state index in [1.54, 1.807) is 0 Å². The van der Waals surface area contributed by atoms with Gasteiger partial charge in [0.05, 0.1) is 5.92 Å². The topological polar surface area (TPSA) is 55.8 Å². The van der Waals surface area contributed by atoms with Crippen molar-refractivity contribution in [1.82, 2.24) is 0 Å². The molecule has 0 aliphatic heterocycles. The molecule has 4 heteroatoms. The van der Waals surface area contributed by atoms with Crippen LogP contribution >= 0.6 is 0 Å². The van der Waals surface area contributed by atoms with Crippen molar-refractivity contribution in [2.24, 2.45) is 11.8 Å². The maximum atomic E-state index is 11.6. The van der Waals surface area contributed by atoms with E-state index in [1.165, 1.54) is 0 Å². The summed E-state index contributed by atoms with van der Waals surface area (Å²) in [6.45, 7) is 12.3. The number of aliphatic carboxylic acids is 1. The van der Waals surface area contributed by atoms with Crippen LogP contribution in [0.2, 0.25) is 0 Å². The lowest BCUT2D eigenvalue weighted by molar-refractivity contribution is -0.391. The molecule has 0 radical (unpaired) electrons. The van der Waals surface area contributed by atoms with Gasteiger partial charge in [-0.25, -0.2) is 9.78 Å². The van der Waals surface area contributed by atoms with Gasteiger partial charge in [0, 0.05) is 0 Å². The summed E-state index contributed by atoms with van der Waals surface area (Å²) < 4.78 is 0. The number of carbonyl (C=O) groups is 1. The monoisotopic (exact) mass is 316 g/mol. The first-order chi connectivity index (χ1) is 10.3. The molecule has 0 aromatic heterocycles. The standard InChI is InChI=1S/C18H36O4/c1-7-9-11-13-16(15(17(19)20)12-10-8-2)21-22-18(5,6)14(3)4/h14-16H,7-13H2,1-6H3,(H,19,20). The summed E-state index contributed by atoms with van der Waals surface area (Å²) in [5, 5.41) is 9.53. The van der Waals surface area contributed by atoms with Crippen LogP contribution in [0.1, 0.15) is 86.5 Å². The third-order valence-corrected chi connectivity index (χ3v) is 4.50. The first-order valence-corrected chi connectivity index (χ1v) is 8.83. The van der Waals surface area contributed by atoms with Crippen LogP contribution in [0.15, 0.2) is 0 Å². The average molecular weight is 316 g/mol. The Hall–Kier alpha value is -0.610. The Morgan fingerprint density at radius 1 is 1.05 bits per heavy atom. The number of carboxylic acids is 1. The zero-order valence-electron chi connectivity index (χ0n) is 15.4. The van der Waals surface area contributed by atoms with Crippen LogP contribution in [-0.4, -0.2) is 22.8 Å². The van der Waals surface area contributed by atoms with E-state index >= 15 is 0 Å². The molecule has 0 aromatic carbocycles. The second-order valence-electron chi connectivity index (χ2n) is 7.06. The minimum atomic E-state index is -0.777. The smallest absolute Gasteiger partial charge is 0.309 e. The van der Waals surface area contributed by atoms with Crippen LogP contribution < -0.4 is 0 Å². The molecule has 0 heterocycles. The van der Waals surface area contributed by atoms with E-state index in [9.17, 15) is 9.90 Å². The second-order valence-corrected chi connectivity index (χ2v) is 7.06. The molecular weight excluding hydrogens is 280 g/mol. The lowest BCUT2D eigenvalue weighted by Crippen LogP contribution is -2.37. The van der Waals surface area contributed by atoms with Crippen LogP contribution in [0.4, 0.5) is 0 Å². The number of carboxylic acid groups (broad SMARTS) is 1. The van der Waals surface area contributed by atoms with E-state index < -0.39 is 17.5 Å². The van der Waals surface area contributed by atoms with E-state index in [1.807, 2.05) is 13.8 Å². The Morgan fingerprint density at radius 3 is 2.09 bits per heavy atom. The average Bonchev–Trinajstić information content (AvgIpc) is 2.44. The molecule has 2 unspecified atom stereocenters. The molecule has 0 rings (SSSR count). The third-order valence-electron chi connectivity index (χ3n) is 4.50. The van der Waals surface area contributed by atoms with Gasteiger partial charge in [-0.3, -0.25) is 4.79 Å². The SMILES string of the molecule is CCCCCC(OOC(C)(C)C(C)C)C(CCCC)C(=O)O. The zero-order chi connectivity index (χ0) is 17.2. The molecule has 0 bridgehead atoms. The second kappa shape index (κ2) is 11.0. The fourth-order valence-electron chi connectivity index (χ4n) is 2.09. The summed E-state index contributed by atoms with van der Waals surface area (Å²) >= 11 is 0. The maximum Gasteiger partial charge on any atom is 0.309 e. The number of hydrogen-bond acceptors (Lipinski definition) is 3. The fraction of sp³-hybridized carbons (Fsp3) is 0.944. The Bertz CT molecular complexity index is 299. The highest BCUT2D eigenvalue weighted by Gasteiger charge is 2.32. The fourth-order valence-corrected chi connectivity index (χ4v) is 2.09. The molecule has 2 atom stereocenters. The van der Waals surface area contributed by atoms with Crippen molar-refractivity contribution >= 4 is 5.97 Å². The van der Waals surface area contributed by atoms with E-state index in [2.05, 4.69) is 27.7 Å². The molecule has 1 N–H and O–H groups in total. The maximum absolute atomic E-state index is 11.6. The van der Waals surface area contributed by atoms with E-state index in [-0.39, 0.29) is 6.10 Å². The van der Waals surface area contributed by atoms with Crippen LogP contribution in [0.5, 0.6) is 0 Å². The lowest BCUT2D eigenvalue weighted by atomic mass is 9.92. The van der Waals surface area contributed by atoms with Gasteiger partial charge in [0.25, 0.3) is 0 Å². The number of unbranched alkanes of at least 4 members (excludes halogenated alkanes) is 3. The number of hydrogen-bond donors (Lipinski definition) is 1. The molecule has 0 fully saturated rings. The molecule has 0 aliphatic rings. The summed E-state index contributed by atoms with van der Waals surface area (Å²) in [7, 11) is 0. The molecular formula is C18H36O4. The molecule has 0 aromatic rings. The molecule has 0 aliphatic carbocycles. The third kappa shape index (κ3) is 8.14. The Kier molecular flexibility index (Phi) is 10.7. The minimum Gasteiger partial charge on any atom is -0.481 e. The largest absolute Gasteiger partial charge is 0.481 e. The van der Waals surface area contributed by atoms with E-state index in [0.717, 1.165) is 38.5 Å². The summed E-state index contributed by atoms with van der Waals surface area (Å²) in [5.74, 6) is -0.969. The molecule has 0 saturated heterocycles. The van der Waals surface area contributed by atoms with Gasteiger partial charge in [-0.15, -0.1) is 0 Å². The van der Waals surface area contributed by atoms with Crippen molar-refractivity contribution in [1.29, 1.82) is 0 Å². The van der Waals surface area contributed by atoms with E-state index in [0.29, 0.717) is 12.3 Å². The first-order valence-electron chi connectivity index (χ1n) is 8.83. The van der Waals surface area contributed by atoms with Gasteiger partial charge in [-0.2, -0.15) is 0 Å². The Morgan fingerprint density at radius 2 is 1.64 bits per heavy atom. The normalized spacial score (nSPS) is 15.0. The van der Waals surface area contributed by atoms with Gasteiger partial charge >= 0.3 is 5.97 Å². The van der Waals surface area contributed by atoms with Crippen molar-refractivity contribution in [3.8, 4) is 0 Å². The van der Waals surface area contributed by atoms with Crippen molar-refractivity contribution in [3.05, 3.63) is 0 Å². The predicted molar refractivity (Wildman–Crippen MR) is 89.7 cm³/mol. The van der Waals surface area contributed by atoms with Crippen molar-refractivity contribution < 1.29 is 19.7 Å². The van der Waals surface area contributed by atoms with Crippen molar-refractivity contribution in [2.45, 2.75) is 98.2 Å². The van der Waals surface area contributed by atoms with Gasteiger partial charge < -0.3 is 5.11 Å². The molecule has 132 valence electrons. The summed E-state index contributed by atoms with van der Waals surface area (Å²) in [5.41, 5.74) is -0.420. The van der Waals surface area contributed by atoms with Gasteiger partial charge in [0.2, 0.25) is 0 Å². The van der Waals surface area contributed by atoms with Crippen LogP contribution in [-0.2, 0) is 14.6 Å². The molecule has 0 spiro atoms. The van der Waals surface area contributed by atoms with E-state index in [4.69, 9.17) is 9.78 Å². The Balaban J connectivity index is 4.80. The number of rotatable bonds is 13. The first kappa shape index (κ1) is 21.4. The summed E-state index contributed by atoms with van der Waals surface area (Å²) in [6, 6.07) is 0. The van der Waals surface area contributed by atoms with Gasteiger partial charge in [0.15, 0.2) is 0 Å². The highest BCUT2D eigenvalue weighted by atomic mass is 17.2. The highest BCUT2D eigenvalue weighted by Crippen LogP contribution is 2.26.